The molecule has 1 aromatic heterocycles. The summed E-state index contributed by atoms with van der Waals surface area (Å²) in [4.78, 5) is 15.0. The van der Waals surface area contributed by atoms with E-state index in [9.17, 15) is 15.4 Å². The molecule has 3 rings (SSSR count). The molecule has 0 aliphatic rings. The number of para-hydroxylation sites is 1. The lowest BCUT2D eigenvalue weighted by Gasteiger charge is -2.13. The average Bonchev–Trinajstić information content (AvgIpc) is 2.72. The molecule has 1 heterocycles. The Bertz CT molecular complexity index is 1080. The molecular formula is C20H16N4O4. The molecule has 0 radical (unpaired) electrons. The van der Waals surface area contributed by atoms with E-state index in [0.29, 0.717) is 28.1 Å². The van der Waals surface area contributed by atoms with Gasteiger partial charge in [-0.05, 0) is 23.8 Å². The molecule has 0 saturated heterocycles. The van der Waals surface area contributed by atoms with Crippen LogP contribution in [0.1, 0.15) is 5.56 Å². The first-order valence-electron chi connectivity index (χ1n) is 8.21. The van der Waals surface area contributed by atoms with Gasteiger partial charge in [0.25, 0.3) is 5.69 Å². The minimum Gasteiger partial charge on any atom is -0.467 e. The normalized spacial score (nSPS) is 10.3. The second-order valence-corrected chi connectivity index (χ2v) is 5.78. The minimum atomic E-state index is -0.491. The molecule has 140 valence electrons. The van der Waals surface area contributed by atoms with Gasteiger partial charge in [-0.1, -0.05) is 24.3 Å². The van der Waals surface area contributed by atoms with Gasteiger partial charge in [-0.25, -0.2) is 4.98 Å². The van der Waals surface area contributed by atoms with Gasteiger partial charge in [0.1, 0.15) is 23.2 Å². The summed E-state index contributed by atoms with van der Waals surface area (Å²) in [5.41, 5.74) is 8.18. The number of nitrogens with zero attached hydrogens (tertiary/aromatic N) is 3. The maximum atomic E-state index is 11.1. The van der Waals surface area contributed by atoms with E-state index in [1.54, 1.807) is 30.3 Å². The predicted molar refractivity (Wildman–Crippen MR) is 103 cm³/mol. The van der Waals surface area contributed by atoms with Crippen LogP contribution in [0.5, 0.6) is 5.75 Å². The van der Waals surface area contributed by atoms with E-state index in [-0.39, 0.29) is 23.9 Å². The van der Waals surface area contributed by atoms with Crippen LogP contribution in [0.2, 0.25) is 0 Å². The van der Waals surface area contributed by atoms with Crippen molar-refractivity contribution in [2.24, 2.45) is 0 Å². The molecule has 28 heavy (non-hydrogen) atoms. The fourth-order valence-corrected chi connectivity index (χ4v) is 2.76. The molecule has 0 atom stereocenters. The number of rotatable bonds is 6. The summed E-state index contributed by atoms with van der Waals surface area (Å²) < 4.78 is 10.5. The number of nitriles is 1. The first-order chi connectivity index (χ1) is 13.5. The summed E-state index contributed by atoms with van der Waals surface area (Å²) in [6.45, 7) is 0.0561. The van der Waals surface area contributed by atoms with E-state index in [0.717, 1.165) is 0 Å². The molecule has 0 fully saturated rings. The number of nitrogens with two attached hydrogens (primary N) is 1. The van der Waals surface area contributed by atoms with Crippen molar-refractivity contribution in [1.29, 1.82) is 5.26 Å². The predicted octanol–water partition coefficient (Wildman–Crippen LogP) is 3.76. The van der Waals surface area contributed by atoms with E-state index in [2.05, 4.69) is 4.98 Å². The smallest absolute Gasteiger partial charge is 0.270 e. The van der Waals surface area contributed by atoms with Crippen LogP contribution < -0.4 is 10.5 Å². The number of benzene rings is 2. The van der Waals surface area contributed by atoms with Gasteiger partial charge in [-0.3, -0.25) is 10.1 Å². The summed E-state index contributed by atoms with van der Waals surface area (Å²) in [5, 5.41) is 20.6. The van der Waals surface area contributed by atoms with Gasteiger partial charge in [0, 0.05) is 30.4 Å². The molecule has 0 aliphatic carbocycles. The van der Waals surface area contributed by atoms with Crippen molar-refractivity contribution in [2.45, 2.75) is 0 Å². The highest BCUT2D eigenvalue weighted by molar-refractivity contribution is 5.82. The highest BCUT2D eigenvalue weighted by atomic mass is 16.7. The maximum absolute atomic E-state index is 11.1. The number of anilines is 1. The fraction of sp³-hybridized carbons (Fsp3) is 0.100. The van der Waals surface area contributed by atoms with Gasteiger partial charge in [0.05, 0.1) is 10.6 Å². The van der Waals surface area contributed by atoms with Gasteiger partial charge >= 0.3 is 0 Å². The largest absolute Gasteiger partial charge is 0.467 e. The summed E-state index contributed by atoms with van der Waals surface area (Å²) in [6, 6.07) is 16.9. The van der Waals surface area contributed by atoms with E-state index in [4.69, 9.17) is 15.2 Å². The summed E-state index contributed by atoms with van der Waals surface area (Å²) in [5.74, 6) is 0.564. The van der Waals surface area contributed by atoms with Crippen LogP contribution in [-0.2, 0) is 4.74 Å². The number of non-ortho nitro benzene ring substituents is 1. The van der Waals surface area contributed by atoms with Gasteiger partial charge in [-0.2, -0.15) is 5.26 Å². The van der Waals surface area contributed by atoms with Gasteiger partial charge < -0.3 is 15.2 Å². The van der Waals surface area contributed by atoms with Crippen LogP contribution >= 0.6 is 0 Å². The van der Waals surface area contributed by atoms with Crippen molar-refractivity contribution in [2.75, 3.05) is 19.6 Å². The second kappa shape index (κ2) is 8.16. The average molecular weight is 376 g/mol. The van der Waals surface area contributed by atoms with Crippen molar-refractivity contribution >= 4 is 11.5 Å². The third kappa shape index (κ3) is 3.75. The molecule has 8 nitrogen and oxygen atoms in total. The highest BCUT2D eigenvalue weighted by Crippen LogP contribution is 2.35. The molecule has 0 aliphatic heterocycles. The minimum absolute atomic E-state index is 0.0306. The number of methoxy groups -OCH3 is 1. The van der Waals surface area contributed by atoms with Crippen LogP contribution in [0.4, 0.5) is 11.5 Å². The second-order valence-electron chi connectivity index (χ2n) is 5.78. The van der Waals surface area contributed by atoms with Crippen LogP contribution in [0.15, 0.2) is 54.6 Å². The molecular weight excluding hydrogens is 360 g/mol. The number of nitro benzene ring substituents is 1. The lowest BCUT2D eigenvalue weighted by Crippen LogP contribution is -2.03. The number of hydrogen-bond donors (Lipinski definition) is 1. The van der Waals surface area contributed by atoms with Crippen LogP contribution in [0.3, 0.4) is 0 Å². The molecule has 2 N–H and O–H groups in total. The van der Waals surface area contributed by atoms with Crippen LogP contribution in [0, 0.1) is 21.4 Å². The monoisotopic (exact) mass is 376 g/mol. The Labute approximate surface area is 160 Å². The zero-order valence-corrected chi connectivity index (χ0v) is 15.0. The molecule has 0 saturated carbocycles. The maximum Gasteiger partial charge on any atom is 0.270 e. The molecule has 0 bridgehead atoms. The Hall–Kier alpha value is -3.96. The number of aromatic nitrogens is 1. The Morgan fingerprint density at radius 2 is 1.96 bits per heavy atom. The summed E-state index contributed by atoms with van der Waals surface area (Å²) in [6.07, 6.45) is 0. The van der Waals surface area contributed by atoms with E-state index in [1.807, 2.05) is 18.2 Å². The van der Waals surface area contributed by atoms with Gasteiger partial charge in [0.15, 0.2) is 6.79 Å². The molecule has 0 amide bonds. The number of nitro groups is 1. The first-order valence-corrected chi connectivity index (χ1v) is 8.21. The van der Waals surface area contributed by atoms with Crippen LogP contribution in [-0.4, -0.2) is 23.8 Å². The summed E-state index contributed by atoms with van der Waals surface area (Å²) in [7, 11) is 1.51. The van der Waals surface area contributed by atoms with Gasteiger partial charge in [-0.15, -0.1) is 0 Å². The van der Waals surface area contributed by atoms with E-state index in [1.165, 1.54) is 19.2 Å². The third-order valence-corrected chi connectivity index (χ3v) is 4.02. The molecule has 3 aromatic rings. The zero-order valence-electron chi connectivity index (χ0n) is 15.0. The number of ether oxygens (including phenoxy) is 2. The lowest BCUT2D eigenvalue weighted by molar-refractivity contribution is -0.384. The van der Waals surface area contributed by atoms with Crippen LogP contribution in [0.25, 0.3) is 22.4 Å². The molecule has 8 heteroatoms. The highest BCUT2D eigenvalue weighted by Gasteiger charge is 2.17. The van der Waals surface area contributed by atoms with Crippen molar-refractivity contribution in [3.63, 3.8) is 0 Å². The van der Waals surface area contributed by atoms with Crippen molar-refractivity contribution < 1.29 is 14.4 Å². The Morgan fingerprint density at radius 1 is 1.18 bits per heavy atom. The van der Waals surface area contributed by atoms with Gasteiger partial charge in [0.2, 0.25) is 0 Å². The number of pyridine rings is 1. The topological polar surface area (TPSA) is 124 Å². The zero-order chi connectivity index (χ0) is 20.1. The van der Waals surface area contributed by atoms with E-state index < -0.39 is 4.92 Å². The standard InChI is InChI=1S/C20H16N4O4/c1-27-12-28-19-8-3-2-7-15(19)18-10-16(17(11-21)20(22)23-18)13-5-4-6-14(9-13)24(25)26/h2-10H,12H2,1H3,(H2,22,23). The molecule has 0 spiro atoms. The van der Waals surface area contributed by atoms with Crippen molar-refractivity contribution in [1.82, 2.24) is 4.98 Å². The van der Waals surface area contributed by atoms with E-state index >= 15 is 0 Å². The Kier molecular flexibility index (Phi) is 5.48. The van der Waals surface area contributed by atoms with Crippen molar-refractivity contribution in [3.8, 4) is 34.2 Å². The lowest BCUT2D eigenvalue weighted by atomic mass is 9.98. The number of nitrogen functional groups attached to an aromatic ring is 1. The first kappa shape index (κ1) is 18.8. The quantitative estimate of drug-likeness (QED) is 0.394. The molecule has 0 unspecified atom stereocenters. The fourth-order valence-electron chi connectivity index (χ4n) is 2.76. The summed E-state index contributed by atoms with van der Waals surface area (Å²) >= 11 is 0. The third-order valence-electron chi connectivity index (χ3n) is 4.02. The molecule has 2 aromatic carbocycles. The Morgan fingerprint density at radius 3 is 2.68 bits per heavy atom. The van der Waals surface area contributed by atoms with Crippen molar-refractivity contribution in [3.05, 3.63) is 70.3 Å². The SMILES string of the molecule is COCOc1ccccc1-c1cc(-c2cccc([N+](=O)[O-])c2)c(C#N)c(N)n1. The number of hydrogen-bond acceptors (Lipinski definition) is 7. The Balaban J connectivity index is 2.19.